The van der Waals surface area contributed by atoms with E-state index in [4.69, 9.17) is 0 Å². The molecule has 0 aliphatic heterocycles. The van der Waals surface area contributed by atoms with Crippen LogP contribution in [0.5, 0.6) is 0 Å². The Kier molecular flexibility index (Phi) is 10.5. The molecule has 3 aromatic rings. The maximum atomic E-state index is 14.1. The Bertz CT molecular complexity index is 1410. The second kappa shape index (κ2) is 13.6. The molecule has 0 fully saturated rings. The Morgan fingerprint density at radius 3 is 2.15 bits per heavy atom. The number of carbonyl (C=O) groups is 2. The van der Waals surface area contributed by atoms with Crippen molar-refractivity contribution in [2.24, 2.45) is 0 Å². The third-order valence-electron chi connectivity index (χ3n) is 6.88. The van der Waals surface area contributed by atoms with E-state index in [0.29, 0.717) is 29.7 Å². The summed E-state index contributed by atoms with van der Waals surface area (Å²) in [6, 6.07) is 18.0. The number of rotatable bonds is 12. The molecule has 0 aromatic heterocycles. The van der Waals surface area contributed by atoms with Gasteiger partial charge in [-0.25, -0.2) is 12.8 Å². The lowest BCUT2D eigenvalue weighted by molar-refractivity contribution is -0.140. The van der Waals surface area contributed by atoms with Crippen LogP contribution in [0.25, 0.3) is 0 Å². The minimum atomic E-state index is -4.14. The number of nitrogens with one attached hydrogen (secondary N) is 1. The maximum absolute atomic E-state index is 14.1. The third-order valence-corrected chi connectivity index (χ3v) is 8.66. The van der Waals surface area contributed by atoms with Crippen molar-refractivity contribution in [1.82, 2.24) is 10.2 Å². The normalized spacial score (nSPS) is 12.8. The number of amides is 2. The first-order chi connectivity index (χ1) is 19.0. The Hall–Kier alpha value is -3.72. The highest BCUT2D eigenvalue weighted by Crippen LogP contribution is 2.28. The van der Waals surface area contributed by atoms with E-state index in [0.717, 1.165) is 9.87 Å². The molecular weight excluding hydrogens is 529 g/mol. The minimum Gasteiger partial charge on any atom is -0.352 e. The highest BCUT2D eigenvalue weighted by Gasteiger charge is 2.34. The molecule has 3 rings (SSSR count). The summed E-state index contributed by atoms with van der Waals surface area (Å²) in [4.78, 5) is 28.8. The van der Waals surface area contributed by atoms with Crippen LogP contribution in [0.1, 0.15) is 50.3 Å². The van der Waals surface area contributed by atoms with Crippen molar-refractivity contribution in [3.05, 3.63) is 95.3 Å². The van der Waals surface area contributed by atoms with Crippen molar-refractivity contribution in [2.45, 2.75) is 71.0 Å². The van der Waals surface area contributed by atoms with Crippen molar-refractivity contribution < 1.29 is 22.4 Å². The number of aryl methyl sites for hydroxylation is 2. The molecule has 0 radical (unpaired) electrons. The first-order valence-corrected chi connectivity index (χ1v) is 14.9. The van der Waals surface area contributed by atoms with Crippen molar-refractivity contribution >= 4 is 27.5 Å². The van der Waals surface area contributed by atoms with E-state index >= 15 is 0 Å². The molecule has 40 heavy (non-hydrogen) atoms. The van der Waals surface area contributed by atoms with E-state index in [2.05, 4.69) is 5.32 Å². The Morgan fingerprint density at radius 1 is 0.925 bits per heavy atom. The van der Waals surface area contributed by atoms with Crippen molar-refractivity contribution in [3.8, 4) is 0 Å². The molecular formula is C31H38FN3O4S. The SMILES string of the molecule is CC[C@H](C(=O)N[C@@H](C)CC)N(Cc1ccc(F)cc1)C(=O)CN(c1ccc(C)cc1C)S(=O)(=O)c1ccccc1. The van der Waals surface area contributed by atoms with Crippen molar-refractivity contribution in [2.75, 3.05) is 10.8 Å². The van der Waals surface area contributed by atoms with Crippen LogP contribution in [0.3, 0.4) is 0 Å². The summed E-state index contributed by atoms with van der Waals surface area (Å²) in [7, 11) is -4.14. The number of carbonyl (C=O) groups excluding carboxylic acids is 2. The molecule has 7 nitrogen and oxygen atoms in total. The van der Waals surface area contributed by atoms with Gasteiger partial charge in [-0.05, 0) is 75.1 Å². The molecule has 0 heterocycles. The molecule has 214 valence electrons. The lowest BCUT2D eigenvalue weighted by atomic mass is 10.1. The van der Waals surface area contributed by atoms with Gasteiger partial charge in [0.2, 0.25) is 11.8 Å². The zero-order chi connectivity index (χ0) is 29.4. The summed E-state index contributed by atoms with van der Waals surface area (Å²) < 4.78 is 42.6. The molecule has 0 bridgehead atoms. The largest absolute Gasteiger partial charge is 0.352 e. The van der Waals surface area contributed by atoms with Gasteiger partial charge >= 0.3 is 0 Å². The van der Waals surface area contributed by atoms with Gasteiger partial charge in [0.25, 0.3) is 10.0 Å². The second-order valence-corrected chi connectivity index (χ2v) is 11.9. The van der Waals surface area contributed by atoms with Gasteiger partial charge in [0.05, 0.1) is 10.6 Å². The molecule has 0 spiro atoms. The summed E-state index contributed by atoms with van der Waals surface area (Å²) >= 11 is 0. The molecule has 0 saturated heterocycles. The van der Waals surface area contributed by atoms with Crippen LogP contribution < -0.4 is 9.62 Å². The van der Waals surface area contributed by atoms with Crippen LogP contribution in [-0.4, -0.2) is 43.8 Å². The van der Waals surface area contributed by atoms with Gasteiger partial charge in [0, 0.05) is 12.6 Å². The van der Waals surface area contributed by atoms with Crippen LogP contribution >= 0.6 is 0 Å². The third kappa shape index (κ3) is 7.47. The zero-order valence-electron chi connectivity index (χ0n) is 23.7. The average Bonchev–Trinajstić information content (AvgIpc) is 2.93. The Labute approximate surface area is 237 Å². The number of sulfonamides is 1. The fourth-order valence-corrected chi connectivity index (χ4v) is 5.97. The van der Waals surface area contributed by atoms with Gasteiger partial charge in [-0.15, -0.1) is 0 Å². The average molecular weight is 568 g/mol. The number of hydrogen-bond donors (Lipinski definition) is 1. The summed E-state index contributed by atoms with van der Waals surface area (Å²) in [6.45, 7) is 8.82. The highest BCUT2D eigenvalue weighted by atomic mass is 32.2. The minimum absolute atomic E-state index is 0.0116. The first-order valence-electron chi connectivity index (χ1n) is 13.5. The lowest BCUT2D eigenvalue weighted by Crippen LogP contribution is -2.53. The fraction of sp³-hybridized carbons (Fsp3) is 0.355. The Balaban J connectivity index is 2.07. The lowest BCUT2D eigenvalue weighted by Gasteiger charge is -2.34. The molecule has 2 amide bonds. The Morgan fingerprint density at radius 2 is 1.57 bits per heavy atom. The molecule has 3 aromatic carbocycles. The van der Waals surface area contributed by atoms with Gasteiger partial charge in [0.1, 0.15) is 18.4 Å². The second-order valence-electron chi connectivity index (χ2n) is 10.0. The maximum Gasteiger partial charge on any atom is 0.264 e. The predicted octanol–water partition coefficient (Wildman–Crippen LogP) is 5.36. The molecule has 2 atom stereocenters. The molecule has 1 N–H and O–H groups in total. The predicted molar refractivity (Wildman–Crippen MR) is 156 cm³/mol. The van der Waals surface area contributed by atoms with Crippen LogP contribution in [0.4, 0.5) is 10.1 Å². The van der Waals surface area contributed by atoms with E-state index < -0.39 is 34.3 Å². The van der Waals surface area contributed by atoms with Gasteiger partial charge in [-0.1, -0.05) is 61.9 Å². The van der Waals surface area contributed by atoms with Gasteiger partial charge in [0.15, 0.2) is 0 Å². The summed E-state index contributed by atoms with van der Waals surface area (Å²) in [6.07, 6.45) is 1.02. The number of hydrogen-bond acceptors (Lipinski definition) is 4. The smallest absolute Gasteiger partial charge is 0.264 e. The van der Waals surface area contributed by atoms with Crippen molar-refractivity contribution in [1.29, 1.82) is 0 Å². The molecule has 0 aliphatic rings. The monoisotopic (exact) mass is 567 g/mol. The molecule has 0 saturated carbocycles. The van der Waals surface area contributed by atoms with Crippen LogP contribution in [-0.2, 0) is 26.2 Å². The van der Waals surface area contributed by atoms with Crippen LogP contribution in [0.15, 0.2) is 77.7 Å². The highest BCUT2D eigenvalue weighted by molar-refractivity contribution is 7.92. The van der Waals surface area contributed by atoms with Gasteiger partial charge in [-0.2, -0.15) is 0 Å². The fourth-order valence-electron chi connectivity index (χ4n) is 4.47. The van der Waals surface area contributed by atoms with Crippen molar-refractivity contribution in [3.63, 3.8) is 0 Å². The van der Waals surface area contributed by atoms with E-state index in [1.54, 1.807) is 56.3 Å². The number of halogens is 1. The van der Waals surface area contributed by atoms with E-state index in [9.17, 15) is 22.4 Å². The van der Waals surface area contributed by atoms with E-state index in [1.165, 1.54) is 29.2 Å². The summed E-state index contributed by atoms with van der Waals surface area (Å²) in [5, 5.41) is 2.94. The first kappa shape index (κ1) is 30.8. The number of nitrogens with zero attached hydrogens (tertiary/aromatic N) is 2. The van der Waals surface area contributed by atoms with Gasteiger partial charge in [-0.3, -0.25) is 13.9 Å². The summed E-state index contributed by atoms with van der Waals surface area (Å²) in [5.74, 6) is -1.29. The van der Waals surface area contributed by atoms with E-state index in [-0.39, 0.29) is 23.4 Å². The summed E-state index contributed by atoms with van der Waals surface area (Å²) in [5.41, 5.74) is 2.64. The molecule has 0 unspecified atom stereocenters. The number of anilines is 1. The number of benzene rings is 3. The van der Waals surface area contributed by atoms with Crippen LogP contribution in [0.2, 0.25) is 0 Å². The van der Waals surface area contributed by atoms with E-state index in [1.807, 2.05) is 26.8 Å². The topological polar surface area (TPSA) is 86.8 Å². The molecule has 0 aliphatic carbocycles. The standard InChI is InChI=1S/C31H38FN3O4S/c1-6-24(5)33-31(37)28(7-2)34(20-25-14-16-26(32)17-15-25)30(36)21-35(29-18-13-22(3)19-23(29)4)40(38,39)27-11-9-8-10-12-27/h8-19,24,28H,6-7,20-21H2,1-5H3,(H,33,37)/t24-,28+/m0/s1. The van der Waals surface area contributed by atoms with Gasteiger partial charge < -0.3 is 10.2 Å². The molecule has 9 heteroatoms. The van der Waals surface area contributed by atoms with Crippen LogP contribution in [0, 0.1) is 19.7 Å². The zero-order valence-corrected chi connectivity index (χ0v) is 24.5. The quantitative estimate of drug-likeness (QED) is 0.319.